The average molecular weight is 176 g/mol. The van der Waals surface area contributed by atoms with Crippen LogP contribution in [0.15, 0.2) is 12.3 Å². The van der Waals surface area contributed by atoms with Crippen LogP contribution in [0.5, 0.6) is 0 Å². The van der Waals surface area contributed by atoms with Gasteiger partial charge >= 0.3 is 0 Å². The van der Waals surface area contributed by atoms with E-state index in [1.54, 1.807) is 6.20 Å². The molecule has 0 unspecified atom stereocenters. The molecule has 0 atom stereocenters. The fourth-order valence-corrected chi connectivity index (χ4v) is 1.65. The lowest BCUT2D eigenvalue weighted by Gasteiger charge is -2.07. The van der Waals surface area contributed by atoms with Gasteiger partial charge in [0.2, 0.25) is 0 Å². The van der Waals surface area contributed by atoms with Crippen molar-refractivity contribution in [3.8, 4) is 0 Å². The molecule has 1 aromatic rings. The molecule has 1 aromatic heterocycles. The second-order valence-corrected chi connectivity index (χ2v) is 3.37. The van der Waals surface area contributed by atoms with Crippen LogP contribution in [0, 0.1) is 0 Å². The molecule has 0 radical (unpaired) electrons. The average Bonchev–Trinajstić information content (AvgIpc) is 3.00. The van der Waals surface area contributed by atoms with Gasteiger partial charge in [0.25, 0.3) is 0 Å². The van der Waals surface area contributed by atoms with E-state index in [1.807, 2.05) is 6.07 Å². The van der Waals surface area contributed by atoms with Crippen LogP contribution in [-0.4, -0.2) is 11.3 Å². The fourth-order valence-electron chi connectivity index (χ4n) is 1.65. The lowest BCUT2D eigenvalue weighted by Crippen LogP contribution is -2.05. The molecule has 3 nitrogen and oxygen atoms in total. The first-order valence-corrected chi connectivity index (χ1v) is 4.50. The molecule has 68 valence electrons. The molecule has 1 fully saturated rings. The Labute approximate surface area is 77.0 Å². The molecule has 0 amide bonds. The van der Waals surface area contributed by atoms with E-state index < -0.39 is 0 Å². The largest absolute Gasteiger partial charge is 0.326 e. The van der Waals surface area contributed by atoms with E-state index in [0.29, 0.717) is 18.2 Å². The van der Waals surface area contributed by atoms with Crippen molar-refractivity contribution in [3.05, 3.63) is 29.1 Å². The summed E-state index contributed by atoms with van der Waals surface area (Å²) in [4.78, 5) is 14.8. The van der Waals surface area contributed by atoms with Crippen molar-refractivity contribution in [3.63, 3.8) is 0 Å². The van der Waals surface area contributed by atoms with Crippen LogP contribution >= 0.6 is 0 Å². The van der Waals surface area contributed by atoms with Gasteiger partial charge in [-0.05, 0) is 36.0 Å². The number of aldehydes is 1. The van der Waals surface area contributed by atoms with Crippen LogP contribution in [0.1, 0.15) is 40.4 Å². The molecular formula is C10H12N2O. The third-order valence-corrected chi connectivity index (χ3v) is 2.43. The number of carbonyl (C=O) groups excluding carboxylic acids is 1. The summed E-state index contributed by atoms with van der Waals surface area (Å²) < 4.78 is 0. The van der Waals surface area contributed by atoms with Crippen molar-refractivity contribution >= 4 is 6.29 Å². The van der Waals surface area contributed by atoms with Gasteiger partial charge in [0, 0.05) is 12.7 Å². The van der Waals surface area contributed by atoms with E-state index >= 15 is 0 Å². The molecule has 1 aliphatic rings. The first kappa shape index (κ1) is 8.38. The number of hydrogen-bond acceptors (Lipinski definition) is 3. The van der Waals surface area contributed by atoms with Crippen molar-refractivity contribution in [2.75, 3.05) is 0 Å². The lowest BCUT2D eigenvalue weighted by atomic mass is 10.0. The monoisotopic (exact) mass is 176 g/mol. The Morgan fingerprint density at radius 3 is 2.92 bits per heavy atom. The number of nitrogens with two attached hydrogens (primary N) is 1. The molecule has 13 heavy (non-hydrogen) atoms. The van der Waals surface area contributed by atoms with Crippen molar-refractivity contribution in [1.29, 1.82) is 0 Å². The highest BCUT2D eigenvalue weighted by atomic mass is 16.1. The Hall–Kier alpha value is -1.22. The molecule has 0 spiro atoms. The fraction of sp³-hybridized carbons (Fsp3) is 0.400. The third kappa shape index (κ3) is 1.47. The lowest BCUT2D eigenvalue weighted by molar-refractivity contribution is 0.111. The molecule has 3 heteroatoms. The molecule has 2 rings (SSSR count). The van der Waals surface area contributed by atoms with Gasteiger partial charge in [0.1, 0.15) is 5.69 Å². The van der Waals surface area contributed by atoms with Crippen LogP contribution in [0.2, 0.25) is 0 Å². The van der Waals surface area contributed by atoms with Crippen LogP contribution < -0.4 is 5.73 Å². The minimum atomic E-state index is 0.495. The number of carbonyl (C=O) groups is 1. The molecule has 0 bridgehead atoms. The molecule has 1 aliphatic carbocycles. The standard InChI is InChI=1S/C10H12N2O/c11-5-8-3-4-12-9(6-13)10(8)7-1-2-7/h3-4,6-7H,1-2,5,11H2. The van der Waals surface area contributed by atoms with Crippen LogP contribution in [0.3, 0.4) is 0 Å². The van der Waals surface area contributed by atoms with Gasteiger partial charge in [-0.3, -0.25) is 9.78 Å². The summed E-state index contributed by atoms with van der Waals surface area (Å²) in [5.41, 5.74) is 8.32. The van der Waals surface area contributed by atoms with Gasteiger partial charge in [-0.2, -0.15) is 0 Å². The first-order chi connectivity index (χ1) is 6.36. The van der Waals surface area contributed by atoms with E-state index in [1.165, 1.54) is 12.8 Å². The molecule has 0 aliphatic heterocycles. The normalized spacial score (nSPS) is 15.8. The summed E-state index contributed by atoms with van der Waals surface area (Å²) in [5, 5.41) is 0. The molecule has 1 saturated carbocycles. The smallest absolute Gasteiger partial charge is 0.168 e. The van der Waals surface area contributed by atoms with Crippen molar-refractivity contribution < 1.29 is 4.79 Å². The number of nitrogens with zero attached hydrogens (tertiary/aromatic N) is 1. The number of aromatic nitrogens is 1. The predicted molar refractivity (Wildman–Crippen MR) is 49.5 cm³/mol. The first-order valence-electron chi connectivity index (χ1n) is 4.50. The van der Waals surface area contributed by atoms with Crippen LogP contribution in [0.25, 0.3) is 0 Å². The van der Waals surface area contributed by atoms with E-state index in [-0.39, 0.29) is 0 Å². The highest BCUT2D eigenvalue weighted by Crippen LogP contribution is 2.42. The maximum absolute atomic E-state index is 10.7. The summed E-state index contributed by atoms with van der Waals surface area (Å²) in [6.45, 7) is 0.495. The predicted octanol–water partition coefficient (Wildman–Crippen LogP) is 1.23. The highest BCUT2D eigenvalue weighted by molar-refractivity contribution is 5.75. The van der Waals surface area contributed by atoms with Crippen molar-refractivity contribution in [2.45, 2.75) is 25.3 Å². The topological polar surface area (TPSA) is 56.0 Å². The third-order valence-electron chi connectivity index (χ3n) is 2.43. The minimum absolute atomic E-state index is 0.495. The molecular weight excluding hydrogens is 164 g/mol. The molecule has 1 heterocycles. The maximum Gasteiger partial charge on any atom is 0.168 e. The number of rotatable bonds is 3. The van der Waals surface area contributed by atoms with Crippen molar-refractivity contribution in [2.24, 2.45) is 5.73 Å². The minimum Gasteiger partial charge on any atom is -0.326 e. The van der Waals surface area contributed by atoms with Gasteiger partial charge in [-0.1, -0.05) is 0 Å². The van der Waals surface area contributed by atoms with E-state index in [4.69, 9.17) is 5.73 Å². The number of pyridine rings is 1. The quantitative estimate of drug-likeness (QED) is 0.705. The second kappa shape index (κ2) is 3.26. The van der Waals surface area contributed by atoms with Gasteiger partial charge in [-0.15, -0.1) is 0 Å². The maximum atomic E-state index is 10.7. The molecule has 2 N–H and O–H groups in total. The SMILES string of the molecule is NCc1ccnc(C=O)c1C1CC1. The van der Waals surface area contributed by atoms with Gasteiger partial charge in [0.05, 0.1) is 0 Å². The highest BCUT2D eigenvalue weighted by Gasteiger charge is 2.28. The Kier molecular flexibility index (Phi) is 2.10. The Morgan fingerprint density at radius 2 is 2.38 bits per heavy atom. The molecule has 0 aromatic carbocycles. The Bertz CT molecular complexity index is 332. The van der Waals surface area contributed by atoms with E-state index in [9.17, 15) is 4.79 Å². The zero-order valence-electron chi connectivity index (χ0n) is 7.36. The van der Waals surface area contributed by atoms with Crippen molar-refractivity contribution in [1.82, 2.24) is 4.98 Å². The van der Waals surface area contributed by atoms with E-state index in [0.717, 1.165) is 17.4 Å². The summed E-state index contributed by atoms with van der Waals surface area (Å²) in [5.74, 6) is 0.535. The Morgan fingerprint density at radius 1 is 1.62 bits per heavy atom. The molecule has 0 saturated heterocycles. The van der Waals surface area contributed by atoms with Crippen LogP contribution in [-0.2, 0) is 6.54 Å². The van der Waals surface area contributed by atoms with Gasteiger partial charge in [-0.25, -0.2) is 0 Å². The summed E-state index contributed by atoms with van der Waals surface area (Å²) in [6.07, 6.45) is 4.81. The number of hydrogen-bond donors (Lipinski definition) is 1. The zero-order chi connectivity index (χ0) is 9.26. The zero-order valence-corrected chi connectivity index (χ0v) is 7.36. The van der Waals surface area contributed by atoms with E-state index in [2.05, 4.69) is 4.98 Å². The summed E-state index contributed by atoms with van der Waals surface area (Å²) in [6, 6.07) is 1.90. The van der Waals surface area contributed by atoms with Gasteiger partial charge < -0.3 is 5.73 Å². The second-order valence-electron chi connectivity index (χ2n) is 3.37. The summed E-state index contributed by atoms with van der Waals surface area (Å²) in [7, 11) is 0. The Balaban J connectivity index is 2.50. The summed E-state index contributed by atoms with van der Waals surface area (Å²) >= 11 is 0. The van der Waals surface area contributed by atoms with Gasteiger partial charge in [0.15, 0.2) is 6.29 Å². The van der Waals surface area contributed by atoms with Crippen LogP contribution in [0.4, 0.5) is 0 Å².